The Morgan fingerprint density at radius 2 is 0.716 bits per heavy atom. The van der Waals surface area contributed by atoms with E-state index in [-0.39, 0.29) is 96.7 Å². The van der Waals surface area contributed by atoms with Crippen molar-refractivity contribution in [2.75, 3.05) is 19.6 Å². The highest BCUT2D eigenvalue weighted by Gasteiger charge is 2.27. The van der Waals surface area contributed by atoms with Crippen molar-refractivity contribution < 1.29 is 38.2 Å². The van der Waals surface area contributed by atoms with Crippen LogP contribution in [0.3, 0.4) is 0 Å². The third-order valence-electron chi connectivity index (χ3n) is 12.7. The largest absolute Gasteiger partial charge is 0.324 e. The van der Waals surface area contributed by atoms with E-state index in [2.05, 4.69) is 65.7 Å². The molecule has 24 heteroatoms. The molecule has 0 radical (unpaired) electrons. The Bertz CT molecular complexity index is 4000. The second-order valence-corrected chi connectivity index (χ2v) is 26.4. The van der Waals surface area contributed by atoms with Crippen molar-refractivity contribution >= 4 is 84.3 Å². The lowest BCUT2D eigenvalue weighted by Gasteiger charge is -2.09. The molecule has 0 saturated carbocycles. The van der Waals surface area contributed by atoms with Crippen LogP contribution in [0.15, 0.2) is 92.4 Å². The second-order valence-electron chi connectivity index (χ2n) is 19.7. The minimum absolute atomic E-state index is 0.0117. The smallest absolute Gasteiger partial charge is 0.294 e. The fourth-order valence-corrected chi connectivity index (χ4v) is 12.6. The van der Waals surface area contributed by atoms with Crippen molar-refractivity contribution in [3.63, 3.8) is 0 Å². The Morgan fingerprint density at radius 3 is 1.08 bits per heavy atom. The second kappa shape index (κ2) is 20.5. The quantitative estimate of drug-likeness (QED) is 0.0328. The summed E-state index contributed by atoms with van der Waals surface area (Å²) in [6.07, 6.45) is 4.33. The molecule has 0 saturated heterocycles. The highest BCUT2D eigenvalue weighted by Crippen LogP contribution is 2.39. The number of sulfonamides is 3. The van der Waals surface area contributed by atoms with Crippen LogP contribution in [0.2, 0.25) is 0 Å². The molecule has 390 valence electrons. The first-order valence-corrected chi connectivity index (χ1v) is 30.2. The Labute approximate surface area is 429 Å². The number of nitrogens with one attached hydrogen (secondary N) is 5. The van der Waals surface area contributed by atoms with Gasteiger partial charge < -0.3 is 9.97 Å². The number of fused-ring (bicyclic) bond motifs is 20. The van der Waals surface area contributed by atoms with Crippen LogP contribution in [0.4, 0.5) is 0 Å². The number of hydrogen-bond donors (Lipinski definition) is 6. The summed E-state index contributed by atoms with van der Waals surface area (Å²) in [6, 6.07) is 17.2. The summed E-state index contributed by atoms with van der Waals surface area (Å²) >= 11 is 0. The summed E-state index contributed by atoms with van der Waals surface area (Å²) in [4.78, 5) is 35.1. The van der Waals surface area contributed by atoms with Crippen LogP contribution >= 0.6 is 0 Å². The third kappa shape index (κ3) is 11.1. The topological polar surface area (TPSA) is 302 Å². The Kier molecular flexibility index (Phi) is 14.6. The molecule has 5 heterocycles. The zero-order valence-corrected chi connectivity index (χ0v) is 44.8. The maximum Gasteiger partial charge on any atom is 0.294 e. The van der Waals surface area contributed by atoms with E-state index < -0.39 is 45.1 Å². The molecule has 0 fully saturated rings. The van der Waals surface area contributed by atoms with Crippen molar-refractivity contribution in [2.24, 2.45) is 17.8 Å². The lowest BCUT2D eigenvalue weighted by Crippen LogP contribution is -2.25. The fourth-order valence-electron chi connectivity index (χ4n) is 8.77. The van der Waals surface area contributed by atoms with Gasteiger partial charge in [0.1, 0.15) is 22.6 Å². The number of aromatic amines is 2. The monoisotopic (exact) mass is 1080 g/mol. The molecule has 0 amide bonds. The van der Waals surface area contributed by atoms with Gasteiger partial charge in [0.15, 0.2) is 23.3 Å². The van der Waals surface area contributed by atoms with Crippen LogP contribution in [0.1, 0.15) is 80.1 Å². The molecule has 20 nitrogen and oxygen atoms in total. The molecule has 2 aliphatic heterocycles. The van der Waals surface area contributed by atoms with Gasteiger partial charge in [0.25, 0.3) is 10.1 Å². The first kappa shape index (κ1) is 52.7. The van der Waals surface area contributed by atoms with Gasteiger partial charge in [0, 0.05) is 63.4 Å². The Balaban J connectivity index is 1.32. The molecule has 8 bridgehead atoms. The average Bonchev–Trinajstić information content (AvgIpc) is 4.07. The van der Waals surface area contributed by atoms with Crippen LogP contribution in [0.5, 0.6) is 0 Å². The van der Waals surface area contributed by atoms with Crippen LogP contribution in [-0.4, -0.2) is 97.7 Å². The minimum atomic E-state index is -4.72. The van der Waals surface area contributed by atoms with Crippen LogP contribution in [-0.2, 0) is 40.2 Å². The van der Waals surface area contributed by atoms with Crippen molar-refractivity contribution in [2.45, 2.75) is 99.6 Å². The first-order chi connectivity index (χ1) is 35.0. The highest BCUT2D eigenvalue weighted by atomic mass is 32.2. The van der Waals surface area contributed by atoms with Crippen LogP contribution in [0, 0.1) is 17.8 Å². The van der Waals surface area contributed by atoms with Gasteiger partial charge in [-0.1, -0.05) is 41.5 Å². The zero-order valence-electron chi connectivity index (χ0n) is 41.6. The van der Waals surface area contributed by atoms with E-state index in [1.807, 2.05) is 0 Å². The SMILES string of the molecule is CC(C)CCCNS(=O)(=O)c1ccc2c(c1)-c1nc-2nc2[nH]c(nc3nc(nc4[nH]c(n1)c1cc(S(=O)(=O)O)ccc41)-c1ccc(S(=O)(=O)NCCCC(C)C)cc1-3)c1cc(S(=O)(=O)NCCCC(C)C)ccc21. The number of H-pyrrole nitrogens is 2. The molecule has 0 aliphatic carbocycles. The third-order valence-corrected chi connectivity index (χ3v) is 17.9. The van der Waals surface area contributed by atoms with E-state index in [0.29, 0.717) is 64.3 Å². The highest BCUT2D eigenvalue weighted by molar-refractivity contribution is 7.90. The first-order valence-electron chi connectivity index (χ1n) is 24.3. The number of nitrogens with zero attached hydrogens (tertiary/aromatic N) is 6. The van der Waals surface area contributed by atoms with E-state index in [1.54, 1.807) is 18.2 Å². The zero-order chi connectivity index (χ0) is 52.9. The van der Waals surface area contributed by atoms with Crippen molar-refractivity contribution in [1.82, 2.24) is 54.0 Å². The molecule has 6 N–H and O–H groups in total. The van der Waals surface area contributed by atoms with Crippen molar-refractivity contribution in [3.05, 3.63) is 72.8 Å². The summed E-state index contributed by atoms with van der Waals surface area (Å²) in [5, 5.41) is 1.25. The summed E-state index contributed by atoms with van der Waals surface area (Å²) in [5.74, 6) is 1.28. The van der Waals surface area contributed by atoms with Crippen molar-refractivity contribution in [3.8, 4) is 45.6 Å². The summed E-state index contributed by atoms with van der Waals surface area (Å²) < 4.78 is 126. The van der Waals surface area contributed by atoms with Gasteiger partial charge in [0.05, 0.1) is 19.6 Å². The molecule has 74 heavy (non-hydrogen) atoms. The van der Waals surface area contributed by atoms with E-state index in [4.69, 9.17) is 29.9 Å². The standard InChI is InChI=1S/C50H57N11O9S4/c1-28(2)10-7-21-51-71(62,63)31-13-17-35-39(24-31)47-56-43(35)54-44-37-19-15-33(73(66,67)53-23-9-12-30(5)6)26-41(37)49(58-44)61-50-42-27-34(74(68,69)70)16-20-38(42)46(59-50)55-45-36-18-14-32(25-40(36)48(57-45)60-47)72(64,65)52-22-8-11-29(3)4/h13-20,24-30,51-53H,7-12,21-23H2,1-6H3,(H,68,69,70)(H2,54,55,56,57,58,59,60,61). The van der Waals surface area contributed by atoms with E-state index in [1.165, 1.54) is 54.6 Å². The number of hydrogen-bond acceptors (Lipinski definition) is 14. The van der Waals surface area contributed by atoms with E-state index in [9.17, 15) is 38.2 Å². The number of aromatic nitrogens is 8. The lowest BCUT2D eigenvalue weighted by atomic mass is 10.1. The molecule has 3 aromatic heterocycles. The number of benzene rings is 4. The van der Waals surface area contributed by atoms with Gasteiger partial charge in [-0.05, 0) is 129 Å². The van der Waals surface area contributed by atoms with Crippen LogP contribution in [0.25, 0.3) is 89.7 Å². The summed E-state index contributed by atoms with van der Waals surface area (Å²) in [7, 11) is -16.8. The molecular weight excluding hydrogens is 1030 g/mol. The molecule has 0 unspecified atom stereocenters. The normalized spacial score (nSPS) is 13.2. The van der Waals surface area contributed by atoms with Gasteiger partial charge in [0.2, 0.25) is 30.1 Å². The molecule has 9 rings (SSSR count). The van der Waals surface area contributed by atoms with Gasteiger partial charge in [-0.15, -0.1) is 0 Å². The fraction of sp³-hybridized carbons (Fsp3) is 0.360. The molecule has 0 atom stereocenters. The summed E-state index contributed by atoms with van der Waals surface area (Å²) in [6.45, 7) is 13.0. The summed E-state index contributed by atoms with van der Waals surface area (Å²) in [5.41, 5.74) is 1.72. The molecule has 7 aromatic rings. The van der Waals surface area contributed by atoms with Gasteiger partial charge >= 0.3 is 0 Å². The number of rotatable bonds is 19. The van der Waals surface area contributed by atoms with E-state index in [0.717, 1.165) is 19.3 Å². The molecule has 4 aromatic carbocycles. The molecule has 2 aliphatic rings. The minimum Gasteiger partial charge on any atom is -0.324 e. The van der Waals surface area contributed by atoms with Gasteiger partial charge in [-0.3, -0.25) is 4.55 Å². The van der Waals surface area contributed by atoms with Crippen LogP contribution < -0.4 is 14.2 Å². The van der Waals surface area contributed by atoms with E-state index >= 15 is 0 Å². The van der Waals surface area contributed by atoms with Gasteiger partial charge in [-0.2, -0.15) is 8.42 Å². The molecular formula is C50H57N11O9S4. The molecule has 0 spiro atoms. The lowest BCUT2D eigenvalue weighted by molar-refractivity contribution is 0.483. The maximum atomic E-state index is 13.8. The predicted molar refractivity (Wildman–Crippen MR) is 284 cm³/mol. The maximum absolute atomic E-state index is 13.8. The predicted octanol–water partition coefficient (Wildman–Crippen LogP) is 8.26. The Hall–Kier alpha value is -6.12. The van der Waals surface area contributed by atoms with Crippen molar-refractivity contribution in [1.29, 1.82) is 0 Å². The Morgan fingerprint density at radius 1 is 0.405 bits per heavy atom. The average molecular weight is 1080 g/mol. The van der Waals surface area contributed by atoms with Gasteiger partial charge in [-0.25, -0.2) is 69.3 Å².